The third kappa shape index (κ3) is 3.63. The van der Waals surface area contributed by atoms with E-state index in [9.17, 15) is 26.3 Å². The number of rotatable bonds is 5. The van der Waals surface area contributed by atoms with E-state index in [2.05, 4.69) is 4.74 Å². The van der Waals surface area contributed by atoms with Crippen molar-refractivity contribution in [2.45, 2.75) is 37.2 Å². The van der Waals surface area contributed by atoms with Crippen LogP contribution in [0.2, 0.25) is 12.6 Å². The molecule has 0 saturated carbocycles. The first-order chi connectivity index (χ1) is 7.06. The highest BCUT2D eigenvalue weighted by Crippen LogP contribution is 2.43. The second kappa shape index (κ2) is 5.37. The second-order valence-corrected chi connectivity index (χ2v) is 4.90. The van der Waals surface area contributed by atoms with Gasteiger partial charge in [0.05, 0.1) is 6.61 Å². The quantitative estimate of drug-likeness (QED) is 0.357. The minimum atomic E-state index is -5.89. The molecule has 0 amide bonds. The summed E-state index contributed by atoms with van der Waals surface area (Å²) >= 11 is 0. The number of alkyl halides is 6. The van der Waals surface area contributed by atoms with Crippen molar-refractivity contribution >= 4 is 9.52 Å². The largest absolute Gasteiger partial charge is 0.453 e. The molecule has 0 rings (SSSR count). The lowest BCUT2D eigenvalue weighted by molar-refractivity contribution is -0.457. The summed E-state index contributed by atoms with van der Waals surface area (Å²) in [6.07, 6.45) is -11.7. The Labute approximate surface area is 90.4 Å². The Morgan fingerprint density at radius 1 is 1.06 bits per heavy atom. The summed E-state index contributed by atoms with van der Waals surface area (Å²) in [5, 5.41) is 8.52. The lowest BCUT2D eigenvalue weighted by atomic mass is 10.2. The molecule has 9 heteroatoms. The Balaban J connectivity index is 4.59. The molecule has 0 bridgehead atoms. The normalized spacial score (nSPS) is 15.0. The summed E-state index contributed by atoms with van der Waals surface area (Å²) < 4.78 is 75.7. The highest BCUT2D eigenvalue weighted by Gasteiger charge is 2.72. The van der Waals surface area contributed by atoms with E-state index in [-0.39, 0.29) is 6.42 Å². The van der Waals surface area contributed by atoms with E-state index in [1.165, 1.54) is 0 Å². The van der Waals surface area contributed by atoms with Gasteiger partial charge in [0, 0.05) is 9.52 Å². The maximum atomic E-state index is 12.0. The number of ether oxygens (including phenoxy) is 1. The van der Waals surface area contributed by atoms with Gasteiger partial charge in [-0.2, -0.15) is 26.3 Å². The lowest BCUT2D eigenvalue weighted by Gasteiger charge is -2.31. The van der Waals surface area contributed by atoms with Crippen LogP contribution in [-0.4, -0.2) is 39.4 Å². The van der Waals surface area contributed by atoms with Crippen molar-refractivity contribution in [3.8, 4) is 0 Å². The van der Waals surface area contributed by atoms with Gasteiger partial charge in [-0.25, -0.2) is 0 Å². The van der Waals surface area contributed by atoms with E-state index in [1.807, 2.05) is 6.55 Å². The van der Waals surface area contributed by atoms with Crippen LogP contribution in [0.15, 0.2) is 0 Å². The van der Waals surface area contributed by atoms with Crippen LogP contribution in [0.4, 0.5) is 26.3 Å². The Morgan fingerprint density at radius 3 is 1.81 bits per heavy atom. The maximum absolute atomic E-state index is 12.0. The van der Waals surface area contributed by atoms with Gasteiger partial charge in [0.15, 0.2) is 0 Å². The molecule has 0 aromatic rings. The Hall–Kier alpha value is -0.283. The minimum Gasteiger partial charge on any atom is -0.351 e. The third-order valence-electron chi connectivity index (χ3n) is 1.83. The molecule has 0 aliphatic heterocycles. The van der Waals surface area contributed by atoms with Gasteiger partial charge in [-0.1, -0.05) is 12.6 Å². The molecule has 1 N–H and O–H groups in total. The number of hydrogen-bond acceptors (Lipinski definition) is 2. The molecule has 0 aromatic carbocycles. The predicted octanol–water partition coefficient (Wildman–Crippen LogP) is 1.84. The fourth-order valence-corrected chi connectivity index (χ4v) is 1.60. The molecule has 0 radical (unpaired) electrons. The van der Waals surface area contributed by atoms with Gasteiger partial charge >= 0.3 is 18.1 Å². The van der Waals surface area contributed by atoms with E-state index in [0.29, 0.717) is 6.04 Å². The van der Waals surface area contributed by atoms with Crippen LogP contribution in [-0.2, 0) is 4.74 Å². The first-order valence-electron chi connectivity index (χ1n) is 4.56. The van der Waals surface area contributed by atoms with E-state index in [1.54, 1.807) is 0 Å². The summed E-state index contributed by atoms with van der Waals surface area (Å²) in [5.41, 5.74) is 0. The zero-order chi connectivity index (χ0) is 13.0. The van der Waals surface area contributed by atoms with Gasteiger partial charge in [0.2, 0.25) is 0 Å². The molecule has 0 aromatic heterocycles. The fraction of sp³-hybridized carbons (Fsp3) is 1.00. The van der Waals surface area contributed by atoms with Crippen molar-refractivity contribution in [2.24, 2.45) is 0 Å². The molecule has 16 heavy (non-hydrogen) atoms. The zero-order valence-corrected chi connectivity index (χ0v) is 9.87. The van der Waals surface area contributed by atoms with E-state index in [0.717, 1.165) is 0 Å². The van der Waals surface area contributed by atoms with Crippen LogP contribution in [0.5, 0.6) is 0 Å². The minimum absolute atomic E-state index is 0.0805. The zero-order valence-electron chi connectivity index (χ0n) is 8.45. The van der Waals surface area contributed by atoms with Crippen molar-refractivity contribution < 1.29 is 36.2 Å². The van der Waals surface area contributed by atoms with Gasteiger partial charge in [-0.05, 0) is 6.42 Å². The average molecular weight is 270 g/mol. The van der Waals surface area contributed by atoms with Gasteiger partial charge in [-0.3, -0.25) is 0 Å². The third-order valence-corrected chi connectivity index (χ3v) is 3.03. The molecule has 98 valence electrons. The Morgan fingerprint density at radius 2 is 1.50 bits per heavy atom. The smallest absolute Gasteiger partial charge is 0.351 e. The van der Waals surface area contributed by atoms with Gasteiger partial charge < -0.3 is 9.84 Å². The summed E-state index contributed by atoms with van der Waals surface area (Å²) in [6.45, 7) is 1.09. The van der Waals surface area contributed by atoms with Crippen LogP contribution in [0, 0.1) is 0 Å². The highest BCUT2D eigenvalue weighted by molar-refractivity contribution is 6.33. The molecular formula is C7H12F6O2Si. The summed E-state index contributed by atoms with van der Waals surface area (Å²) in [4.78, 5) is 0. The molecule has 0 heterocycles. The average Bonchev–Trinajstić information content (AvgIpc) is 2.08. The van der Waals surface area contributed by atoms with E-state index < -0.39 is 34.3 Å². The van der Waals surface area contributed by atoms with Gasteiger partial charge in [-0.15, -0.1) is 0 Å². The predicted molar refractivity (Wildman–Crippen MR) is 46.8 cm³/mol. The Kier molecular flexibility index (Phi) is 5.27. The molecular weight excluding hydrogens is 258 g/mol. The maximum Gasteiger partial charge on any atom is 0.453 e. The monoisotopic (exact) mass is 270 g/mol. The molecule has 0 atom stereocenters. The molecule has 0 spiro atoms. The number of hydrogen-bond donors (Lipinski definition) is 1. The lowest BCUT2D eigenvalue weighted by Crippen LogP contribution is -2.58. The fourth-order valence-electron chi connectivity index (χ4n) is 0.896. The van der Waals surface area contributed by atoms with Gasteiger partial charge in [0.25, 0.3) is 0 Å². The van der Waals surface area contributed by atoms with Crippen LogP contribution in [0.3, 0.4) is 0 Å². The summed E-state index contributed by atoms with van der Waals surface area (Å²) in [5.74, 6) is -5.06. The summed E-state index contributed by atoms with van der Waals surface area (Å²) in [7, 11) is -0.443. The van der Waals surface area contributed by atoms with Crippen molar-refractivity contribution in [3.63, 3.8) is 0 Å². The molecule has 0 fully saturated rings. The topological polar surface area (TPSA) is 29.5 Å². The van der Waals surface area contributed by atoms with Crippen LogP contribution < -0.4 is 0 Å². The summed E-state index contributed by atoms with van der Waals surface area (Å²) in [6, 6.07) is 0.561. The van der Waals surface area contributed by atoms with E-state index in [4.69, 9.17) is 5.11 Å². The molecule has 2 nitrogen and oxygen atoms in total. The van der Waals surface area contributed by atoms with Crippen LogP contribution in [0.1, 0.15) is 6.42 Å². The molecule has 0 aliphatic rings. The first kappa shape index (κ1) is 15.7. The highest BCUT2D eigenvalue weighted by atomic mass is 28.2. The number of aliphatic hydroxyl groups is 1. The van der Waals surface area contributed by atoms with Crippen molar-refractivity contribution in [1.29, 1.82) is 0 Å². The second-order valence-electron chi connectivity index (χ2n) is 3.20. The van der Waals surface area contributed by atoms with Crippen molar-refractivity contribution in [1.82, 2.24) is 0 Å². The Bertz CT molecular complexity index is 200. The number of halogens is 6. The van der Waals surface area contributed by atoms with Crippen molar-refractivity contribution in [3.05, 3.63) is 0 Å². The molecule has 0 unspecified atom stereocenters. The molecule has 0 aliphatic carbocycles. The van der Waals surface area contributed by atoms with Crippen LogP contribution >= 0.6 is 0 Å². The first-order valence-corrected chi connectivity index (χ1v) is 6.97. The SMILES string of the molecule is C[SiH2]CCCOC(O)(C(F)(F)F)C(F)(F)F. The molecule has 0 saturated heterocycles. The van der Waals surface area contributed by atoms with E-state index >= 15 is 0 Å². The standard InChI is InChI=1S/C7H12F6O2Si/c1-16-4-2-3-15-5(14,6(8,9)10)7(11,12)13/h14H,2-4,16H2,1H3. The van der Waals surface area contributed by atoms with Crippen molar-refractivity contribution in [2.75, 3.05) is 6.61 Å². The van der Waals surface area contributed by atoms with Gasteiger partial charge in [0.1, 0.15) is 0 Å². The van der Waals surface area contributed by atoms with Crippen LogP contribution in [0.25, 0.3) is 0 Å².